The van der Waals surface area contributed by atoms with Crippen molar-refractivity contribution in [3.8, 4) is 11.5 Å². The van der Waals surface area contributed by atoms with Gasteiger partial charge in [0.05, 0.1) is 22.8 Å². The van der Waals surface area contributed by atoms with Crippen LogP contribution in [-0.4, -0.2) is 49.4 Å². The summed E-state index contributed by atoms with van der Waals surface area (Å²) in [6.45, 7) is 5.47. The fourth-order valence-electron chi connectivity index (χ4n) is 3.51. The number of aryl methyl sites for hydroxylation is 1. The average molecular weight is 467 g/mol. The zero-order valence-corrected chi connectivity index (χ0v) is 19.3. The molecule has 2 aromatic rings. The van der Waals surface area contributed by atoms with Crippen molar-refractivity contribution in [1.29, 1.82) is 0 Å². The van der Waals surface area contributed by atoms with Crippen LogP contribution in [0.5, 0.6) is 11.5 Å². The average Bonchev–Trinajstić information content (AvgIpc) is 2.74. The fourth-order valence-corrected chi connectivity index (χ4v) is 4.21. The van der Waals surface area contributed by atoms with Gasteiger partial charge in [0.2, 0.25) is 5.91 Å². The van der Waals surface area contributed by atoms with Crippen molar-refractivity contribution in [2.75, 3.05) is 26.4 Å². The van der Waals surface area contributed by atoms with Gasteiger partial charge in [-0.2, -0.15) is 0 Å². The van der Waals surface area contributed by atoms with E-state index in [2.05, 4.69) is 0 Å². The molecule has 1 saturated heterocycles. The molecule has 1 amide bonds. The molecule has 2 aromatic carbocycles. The maximum atomic E-state index is 12.0. The minimum Gasteiger partial charge on any atom is -0.490 e. The highest BCUT2D eigenvalue weighted by Gasteiger charge is 2.31. The Morgan fingerprint density at radius 3 is 2.45 bits per heavy atom. The number of nitrogens with zero attached hydrogens (tertiary/aromatic N) is 1. The quantitative estimate of drug-likeness (QED) is 0.589. The maximum Gasteiger partial charge on any atom is 0.223 e. The number of hydrogen-bond acceptors (Lipinski definition) is 5. The molecule has 8 heteroatoms. The lowest BCUT2D eigenvalue weighted by atomic mass is 10.0. The summed E-state index contributed by atoms with van der Waals surface area (Å²) < 4.78 is 17.2. The summed E-state index contributed by atoms with van der Waals surface area (Å²) in [5.74, 6) is 1.25. The van der Waals surface area contributed by atoms with E-state index in [0.29, 0.717) is 55.0 Å². The first-order valence-electron chi connectivity index (χ1n) is 10.4. The molecule has 0 spiro atoms. The summed E-state index contributed by atoms with van der Waals surface area (Å²) in [4.78, 5) is 13.7. The monoisotopic (exact) mass is 466 g/mol. The SMILES string of the molecule is CCC(=O)N1CCOC(Cc2ccc(OCCOc3c(Cl)cc(C)cc3Cl)cc2)C1N. The summed E-state index contributed by atoms with van der Waals surface area (Å²) in [6, 6.07) is 11.3. The van der Waals surface area contributed by atoms with Crippen LogP contribution in [-0.2, 0) is 16.0 Å². The van der Waals surface area contributed by atoms with E-state index in [1.165, 1.54) is 0 Å². The number of benzene rings is 2. The van der Waals surface area contributed by atoms with Gasteiger partial charge in [0.25, 0.3) is 0 Å². The number of ether oxygens (including phenoxy) is 3. The van der Waals surface area contributed by atoms with Gasteiger partial charge >= 0.3 is 0 Å². The van der Waals surface area contributed by atoms with Gasteiger partial charge in [-0.1, -0.05) is 42.3 Å². The molecule has 0 aromatic heterocycles. The molecule has 0 aliphatic carbocycles. The molecule has 2 atom stereocenters. The van der Waals surface area contributed by atoms with Gasteiger partial charge < -0.3 is 24.8 Å². The Morgan fingerprint density at radius 1 is 1.16 bits per heavy atom. The molecule has 2 N–H and O–H groups in total. The van der Waals surface area contributed by atoms with Crippen molar-refractivity contribution in [3.63, 3.8) is 0 Å². The molecular formula is C23H28Cl2N2O4. The number of hydrogen-bond donors (Lipinski definition) is 1. The van der Waals surface area contributed by atoms with Gasteiger partial charge in [-0.05, 0) is 42.3 Å². The minimum atomic E-state index is -0.435. The first-order valence-corrected chi connectivity index (χ1v) is 11.1. The van der Waals surface area contributed by atoms with E-state index in [9.17, 15) is 4.79 Å². The summed E-state index contributed by atoms with van der Waals surface area (Å²) in [6.07, 6.45) is 0.407. The number of nitrogens with two attached hydrogens (primary N) is 1. The number of carbonyl (C=O) groups excluding carboxylic acids is 1. The van der Waals surface area contributed by atoms with Crippen molar-refractivity contribution in [1.82, 2.24) is 4.90 Å². The number of amides is 1. The lowest BCUT2D eigenvalue weighted by Gasteiger charge is -2.39. The lowest BCUT2D eigenvalue weighted by Crippen LogP contribution is -2.58. The van der Waals surface area contributed by atoms with E-state index in [1.807, 2.05) is 50.2 Å². The van der Waals surface area contributed by atoms with Crippen LogP contribution >= 0.6 is 23.2 Å². The molecule has 3 rings (SSSR count). The van der Waals surface area contributed by atoms with E-state index < -0.39 is 6.17 Å². The predicted octanol–water partition coefficient (Wildman–Crippen LogP) is 4.22. The van der Waals surface area contributed by atoms with Crippen molar-refractivity contribution in [2.24, 2.45) is 5.73 Å². The standard InChI is InChI=1S/C23H28Cl2N2O4/c1-3-21(28)27-8-9-30-20(23(27)26)14-16-4-6-17(7-5-16)29-10-11-31-22-18(24)12-15(2)13-19(22)25/h4-7,12-13,20,23H,3,8-11,14,26H2,1-2H3. The molecule has 168 valence electrons. The zero-order valence-electron chi connectivity index (χ0n) is 17.8. The van der Waals surface area contributed by atoms with E-state index in [0.717, 1.165) is 16.9 Å². The van der Waals surface area contributed by atoms with Crippen LogP contribution < -0.4 is 15.2 Å². The summed E-state index contributed by atoms with van der Waals surface area (Å²) >= 11 is 12.4. The van der Waals surface area contributed by atoms with Crippen LogP contribution in [0.25, 0.3) is 0 Å². The number of carbonyl (C=O) groups is 1. The Morgan fingerprint density at radius 2 is 1.81 bits per heavy atom. The van der Waals surface area contributed by atoms with Gasteiger partial charge in [0.1, 0.15) is 25.1 Å². The van der Waals surface area contributed by atoms with Crippen LogP contribution in [0.3, 0.4) is 0 Å². The number of halogens is 2. The Bertz CT molecular complexity index is 869. The predicted molar refractivity (Wildman–Crippen MR) is 122 cm³/mol. The van der Waals surface area contributed by atoms with Gasteiger partial charge in [0.15, 0.2) is 5.75 Å². The van der Waals surface area contributed by atoms with Crippen molar-refractivity contribution in [2.45, 2.75) is 39.0 Å². The van der Waals surface area contributed by atoms with Crippen LogP contribution in [0.1, 0.15) is 24.5 Å². The van der Waals surface area contributed by atoms with Gasteiger partial charge in [-0.15, -0.1) is 0 Å². The summed E-state index contributed by atoms with van der Waals surface area (Å²) in [5.41, 5.74) is 8.30. The first-order chi connectivity index (χ1) is 14.9. The van der Waals surface area contributed by atoms with Gasteiger partial charge in [-0.3, -0.25) is 4.79 Å². The fraction of sp³-hybridized carbons (Fsp3) is 0.435. The molecule has 1 heterocycles. The summed E-state index contributed by atoms with van der Waals surface area (Å²) in [7, 11) is 0. The normalized spacial score (nSPS) is 18.7. The second-order valence-electron chi connectivity index (χ2n) is 7.44. The molecular weight excluding hydrogens is 439 g/mol. The molecule has 0 radical (unpaired) electrons. The van der Waals surface area contributed by atoms with Crippen LogP contribution in [0.15, 0.2) is 36.4 Å². The largest absolute Gasteiger partial charge is 0.490 e. The third-order valence-corrected chi connectivity index (χ3v) is 5.69. The van der Waals surface area contributed by atoms with E-state index in [4.69, 9.17) is 43.1 Å². The first kappa shape index (κ1) is 23.7. The van der Waals surface area contributed by atoms with Crippen molar-refractivity contribution >= 4 is 29.1 Å². The molecule has 6 nitrogen and oxygen atoms in total. The second kappa shape index (κ2) is 11.0. The summed E-state index contributed by atoms with van der Waals surface area (Å²) in [5, 5.41) is 0.966. The molecule has 1 aliphatic heterocycles. The highest BCUT2D eigenvalue weighted by molar-refractivity contribution is 6.37. The highest BCUT2D eigenvalue weighted by Crippen LogP contribution is 2.34. The number of rotatable bonds is 8. The van der Waals surface area contributed by atoms with Crippen LogP contribution in [0.2, 0.25) is 10.0 Å². The Kier molecular flexibility index (Phi) is 8.43. The molecule has 0 saturated carbocycles. The molecule has 2 unspecified atom stereocenters. The molecule has 1 fully saturated rings. The molecule has 1 aliphatic rings. The molecule has 0 bridgehead atoms. The lowest BCUT2D eigenvalue weighted by molar-refractivity contribution is -0.145. The molecule has 31 heavy (non-hydrogen) atoms. The Labute approximate surface area is 193 Å². The van der Waals surface area contributed by atoms with Crippen LogP contribution in [0, 0.1) is 6.92 Å². The topological polar surface area (TPSA) is 74.0 Å². The van der Waals surface area contributed by atoms with E-state index in [-0.39, 0.29) is 12.0 Å². The van der Waals surface area contributed by atoms with Crippen LogP contribution in [0.4, 0.5) is 0 Å². The van der Waals surface area contributed by atoms with E-state index in [1.54, 1.807) is 4.90 Å². The van der Waals surface area contributed by atoms with Crippen molar-refractivity contribution < 1.29 is 19.0 Å². The third kappa shape index (κ3) is 6.26. The zero-order chi connectivity index (χ0) is 22.4. The van der Waals surface area contributed by atoms with E-state index >= 15 is 0 Å². The minimum absolute atomic E-state index is 0.0555. The van der Waals surface area contributed by atoms with Gasteiger partial charge in [0, 0.05) is 19.4 Å². The maximum absolute atomic E-state index is 12.0. The van der Waals surface area contributed by atoms with Crippen molar-refractivity contribution in [3.05, 3.63) is 57.6 Å². The smallest absolute Gasteiger partial charge is 0.223 e. The second-order valence-corrected chi connectivity index (χ2v) is 8.26. The third-order valence-electron chi connectivity index (χ3n) is 5.13. The Balaban J connectivity index is 1.48. The highest BCUT2D eigenvalue weighted by atomic mass is 35.5. The number of morpholine rings is 1. The Hall–Kier alpha value is -1.99. The van der Waals surface area contributed by atoms with Gasteiger partial charge in [-0.25, -0.2) is 0 Å².